The Bertz CT molecular complexity index is 1460. The first-order chi connectivity index (χ1) is 16.3. The van der Waals surface area contributed by atoms with E-state index in [2.05, 4.69) is 19.9 Å². The third kappa shape index (κ3) is 4.05. The summed E-state index contributed by atoms with van der Waals surface area (Å²) in [6.07, 6.45) is 4.53. The van der Waals surface area contributed by atoms with Gasteiger partial charge >= 0.3 is 0 Å². The third-order valence-electron chi connectivity index (χ3n) is 6.18. The summed E-state index contributed by atoms with van der Waals surface area (Å²) in [5.74, 6) is 0.975. The van der Waals surface area contributed by atoms with Crippen molar-refractivity contribution < 1.29 is 9.13 Å². The molecule has 0 spiro atoms. The Labute approximate surface area is 199 Å². The number of aryl methyl sites for hydroxylation is 2. The van der Waals surface area contributed by atoms with Crippen molar-refractivity contribution in [3.05, 3.63) is 74.8 Å². The highest BCUT2D eigenvalue weighted by molar-refractivity contribution is 6.30. The zero-order valence-corrected chi connectivity index (χ0v) is 19.7. The molecule has 8 nitrogen and oxygen atoms in total. The Kier molecular flexibility index (Phi) is 5.83. The van der Waals surface area contributed by atoms with E-state index in [0.717, 1.165) is 5.56 Å². The van der Waals surface area contributed by atoms with Crippen molar-refractivity contribution in [2.75, 3.05) is 6.61 Å². The van der Waals surface area contributed by atoms with E-state index >= 15 is 0 Å². The number of aromatic nitrogens is 6. The van der Waals surface area contributed by atoms with Crippen LogP contribution in [-0.4, -0.2) is 36.1 Å². The average molecular weight is 481 g/mol. The van der Waals surface area contributed by atoms with E-state index in [9.17, 15) is 9.18 Å². The molecule has 0 unspecified atom stereocenters. The van der Waals surface area contributed by atoms with Crippen molar-refractivity contribution in [3.8, 4) is 11.3 Å². The van der Waals surface area contributed by atoms with Crippen LogP contribution in [0.4, 0.5) is 4.39 Å². The molecule has 0 saturated carbocycles. The topological polar surface area (TPSA) is 95.7 Å². The molecular formula is C24H22ClFN6O2. The van der Waals surface area contributed by atoms with E-state index in [-0.39, 0.29) is 44.9 Å². The lowest BCUT2D eigenvalue weighted by Gasteiger charge is -2.29. The molecule has 0 aliphatic carbocycles. The van der Waals surface area contributed by atoms with Crippen LogP contribution in [0.15, 0.2) is 35.4 Å². The molecule has 1 aromatic carbocycles. The molecule has 1 aliphatic rings. The van der Waals surface area contributed by atoms with Gasteiger partial charge in [-0.1, -0.05) is 11.6 Å². The van der Waals surface area contributed by atoms with Crippen molar-refractivity contribution in [1.82, 2.24) is 29.5 Å². The zero-order chi connectivity index (χ0) is 24.0. The number of hydrogen-bond acceptors (Lipinski definition) is 7. The predicted molar refractivity (Wildman–Crippen MR) is 125 cm³/mol. The van der Waals surface area contributed by atoms with Gasteiger partial charge in [-0.05, 0) is 44.9 Å². The fourth-order valence-electron chi connectivity index (χ4n) is 4.15. The number of benzene rings is 1. The highest BCUT2D eigenvalue weighted by atomic mass is 35.5. The molecule has 0 bridgehead atoms. The molecule has 34 heavy (non-hydrogen) atoms. The molecule has 4 aromatic rings. The lowest BCUT2D eigenvalue weighted by atomic mass is 9.92. The zero-order valence-electron chi connectivity index (χ0n) is 18.9. The van der Waals surface area contributed by atoms with Crippen molar-refractivity contribution in [1.29, 1.82) is 0 Å². The number of hydrogen-bond donors (Lipinski definition) is 0. The van der Waals surface area contributed by atoms with Crippen LogP contribution >= 0.6 is 11.6 Å². The molecule has 0 N–H and O–H groups in total. The fraction of sp³-hybridized carbons (Fsp3) is 0.333. The Hall–Kier alpha value is -3.30. The van der Waals surface area contributed by atoms with E-state index in [4.69, 9.17) is 21.3 Å². The van der Waals surface area contributed by atoms with Crippen molar-refractivity contribution in [3.63, 3.8) is 0 Å². The lowest BCUT2D eigenvalue weighted by Crippen LogP contribution is -2.25. The van der Waals surface area contributed by atoms with Crippen molar-refractivity contribution >= 4 is 22.6 Å². The van der Waals surface area contributed by atoms with Gasteiger partial charge in [-0.15, -0.1) is 0 Å². The van der Waals surface area contributed by atoms with Gasteiger partial charge in [0.2, 0.25) is 0 Å². The van der Waals surface area contributed by atoms with E-state index in [1.807, 2.05) is 6.92 Å². The highest BCUT2D eigenvalue weighted by Crippen LogP contribution is 2.37. The van der Waals surface area contributed by atoms with E-state index in [1.165, 1.54) is 10.6 Å². The SMILES string of the molecule is Cc1ncc([C@H]2C[C@H](c3nc(-c4ccc(Cl)cc4F)c4nc(C)n(C)c(=O)c4n3)CCO2)cn1. The summed E-state index contributed by atoms with van der Waals surface area (Å²) in [5, 5.41) is 0.271. The van der Waals surface area contributed by atoms with Crippen LogP contribution < -0.4 is 5.56 Å². The second-order valence-electron chi connectivity index (χ2n) is 8.42. The van der Waals surface area contributed by atoms with Gasteiger partial charge in [-0.3, -0.25) is 9.36 Å². The molecule has 0 radical (unpaired) electrons. The normalized spacial score (nSPS) is 18.4. The van der Waals surface area contributed by atoms with Crippen molar-refractivity contribution in [2.24, 2.45) is 7.05 Å². The molecule has 2 atom stereocenters. The molecule has 10 heteroatoms. The Balaban J connectivity index is 1.65. The molecule has 4 heterocycles. The maximum Gasteiger partial charge on any atom is 0.279 e. The minimum atomic E-state index is -0.541. The first-order valence-electron chi connectivity index (χ1n) is 10.9. The molecule has 5 rings (SSSR count). The quantitative estimate of drug-likeness (QED) is 0.433. The number of fused-ring (bicyclic) bond motifs is 1. The largest absolute Gasteiger partial charge is 0.373 e. The van der Waals surface area contributed by atoms with Crippen LogP contribution in [0.2, 0.25) is 5.02 Å². The molecule has 1 fully saturated rings. The van der Waals surface area contributed by atoms with Gasteiger partial charge in [-0.2, -0.15) is 0 Å². The summed E-state index contributed by atoms with van der Waals surface area (Å²) in [4.78, 5) is 35.5. The third-order valence-corrected chi connectivity index (χ3v) is 6.41. The second kappa shape index (κ2) is 8.81. The molecular weight excluding hydrogens is 459 g/mol. The summed E-state index contributed by atoms with van der Waals surface area (Å²) in [7, 11) is 1.64. The molecule has 1 aliphatic heterocycles. The van der Waals surface area contributed by atoms with Crippen LogP contribution in [0.1, 0.15) is 47.9 Å². The van der Waals surface area contributed by atoms with Gasteiger partial charge in [-0.25, -0.2) is 29.3 Å². The van der Waals surface area contributed by atoms with Gasteiger partial charge in [0.1, 0.15) is 34.5 Å². The molecule has 0 amide bonds. The van der Waals surface area contributed by atoms with Gasteiger partial charge in [0, 0.05) is 48.1 Å². The summed E-state index contributed by atoms with van der Waals surface area (Å²) in [6, 6.07) is 4.36. The maximum atomic E-state index is 14.9. The van der Waals surface area contributed by atoms with Gasteiger partial charge in [0.05, 0.1) is 6.10 Å². The Morgan fingerprint density at radius 1 is 1.12 bits per heavy atom. The lowest BCUT2D eigenvalue weighted by molar-refractivity contribution is 0.00360. The second-order valence-corrected chi connectivity index (χ2v) is 8.86. The minimum absolute atomic E-state index is 0.107. The Morgan fingerprint density at radius 3 is 2.62 bits per heavy atom. The maximum absolute atomic E-state index is 14.9. The summed E-state index contributed by atoms with van der Waals surface area (Å²) < 4.78 is 22.3. The number of rotatable bonds is 3. The predicted octanol–water partition coefficient (Wildman–Crippen LogP) is 4.23. The van der Waals surface area contributed by atoms with Gasteiger partial charge in [0.25, 0.3) is 5.56 Å². The fourth-order valence-corrected chi connectivity index (χ4v) is 4.31. The molecule has 1 saturated heterocycles. The van der Waals surface area contributed by atoms with Crippen molar-refractivity contribution in [2.45, 2.75) is 38.7 Å². The van der Waals surface area contributed by atoms with Crippen LogP contribution in [0.25, 0.3) is 22.3 Å². The molecule has 174 valence electrons. The smallest absolute Gasteiger partial charge is 0.279 e. The highest BCUT2D eigenvalue weighted by Gasteiger charge is 2.29. The van der Waals surface area contributed by atoms with E-state index in [0.29, 0.717) is 36.9 Å². The van der Waals surface area contributed by atoms with Crippen LogP contribution in [-0.2, 0) is 11.8 Å². The van der Waals surface area contributed by atoms with Crippen LogP contribution in [0.3, 0.4) is 0 Å². The monoisotopic (exact) mass is 480 g/mol. The standard InChI is InChI=1S/C24H22ClFN6O2/c1-12-27-10-15(11-28-12)19-8-14(6-7-34-19)23-30-20(17-5-4-16(25)9-18(17)26)21-22(31-23)24(33)32(3)13(2)29-21/h4-5,9-11,14,19H,6-8H2,1-3H3/t14-,19-/m1/s1. The van der Waals surface area contributed by atoms with Gasteiger partial charge < -0.3 is 4.74 Å². The Morgan fingerprint density at radius 2 is 1.88 bits per heavy atom. The number of nitrogens with zero attached hydrogens (tertiary/aromatic N) is 6. The first-order valence-corrected chi connectivity index (χ1v) is 11.3. The van der Waals surface area contributed by atoms with Crippen LogP contribution in [0, 0.1) is 19.7 Å². The number of halogens is 2. The van der Waals surface area contributed by atoms with E-state index < -0.39 is 5.82 Å². The first kappa shape index (κ1) is 22.5. The summed E-state index contributed by atoms with van der Waals surface area (Å²) >= 11 is 5.97. The van der Waals surface area contributed by atoms with Crippen LogP contribution in [0.5, 0.6) is 0 Å². The summed E-state index contributed by atoms with van der Waals surface area (Å²) in [5.41, 5.74) is 1.47. The average Bonchev–Trinajstić information content (AvgIpc) is 2.83. The minimum Gasteiger partial charge on any atom is -0.373 e. The number of ether oxygens (including phenoxy) is 1. The van der Waals surface area contributed by atoms with E-state index in [1.54, 1.807) is 38.5 Å². The molecule has 3 aromatic heterocycles. The summed E-state index contributed by atoms with van der Waals surface area (Å²) in [6.45, 7) is 4.02. The van der Waals surface area contributed by atoms with Gasteiger partial charge in [0.15, 0.2) is 5.52 Å².